The minimum absolute atomic E-state index is 0.304. The highest BCUT2D eigenvalue weighted by Gasteiger charge is 2.32. The largest absolute Gasteiger partial charge is 0.363 e. The van der Waals surface area contributed by atoms with Crippen molar-refractivity contribution in [2.75, 3.05) is 18.0 Å². The fourth-order valence-electron chi connectivity index (χ4n) is 3.04. The highest BCUT2D eigenvalue weighted by atomic mass is 35.5. The summed E-state index contributed by atoms with van der Waals surface area (Å²) < 4.78 is 13.4. The molecule has 2 atom stereocenters. The van der Waals surface area contributed by atoms with Crippen molar-refractivity contribution in [2.24, 2.45) is 5.92 Å². The molecular formula is C16H23Cl2FN2. The van der Waals surface area contributed by atoms with Crippen molar-refractivity contribution in [3.63, 3.8) is 0 Å². The van der Waals surface area contributed by atoms with Gasteiger partial charge in [0.15, 0.2) is 0 Å². The first-order valence-electron chi connectivity index (χ1n) is 7.58. The van der Waals surface area contributed by atoms with E-state index in [-0.39, 0.29) is 0 Å². The molecule has 1 aromatic rings. The lowest BCUT2D eigenvalue weighted by molar-refractivity contribution is 0.327. The van der Waals surface area contributed by atoms with Crippen molar-refractivity contribution in [3.8, 4) is 0 Å². The van der Waals surface area contributed by atoms with Crippen molar-refractivity contribution >= 4 is 28.9 Å². The highest BCUT2D eigenvalue weighted by molar-refractivity contribution is 6.39. The number of benzene rings is 1. The van der Waals surface area contributed by atoms with Gasteiger partial charge in [0.25, 0.3) is 0 Å². The number of rotatable bonds is 4. The summed E-state index contributed by atoms with van der Waals surface area (Å²) in [6.07, 6.45) is 2.24. The lowest BCUT2D eigenvalue weighted by Gasteiger charge is -2.44. The van der Waals surface area contributed by atoms with Gasteiger partial charge in [-0.1, -0.05) is 50.4 Å². The average Bonchev–Trinajstić information content (AvgIpc) is 2.37. The molecule has 0 aliphatic carbocycles. The maximum atomic E-state index is 13.4. The minimum atomic E-state index is -0.393. The van der Waals surface area contributed by atoms with Gasteiger partial charge in [0.2, 0.25) is 0 Å². The standard InChI is InChI=1S/C16H23Cl2FN2/c1-4-5-12-9-21(15(8-20-12)10(2)3)16-13(17)6-11(19)7-14(16)18/h6-7,10,12,15,20H,4-5,8-9H2,1-3H3. The van der Waals surface area contributed by atoms with Gasteiger partial charge in [0.1, 0.15) is 5.82 Å². The van der Waals surface area contributed by atoms with E-state index in [1.54, 1.807) is 0 Å². The van der Waals surface area contributed by atoms with Gasteiger partial charge in [-0.15, -0.1) is 0 Å². The molecule has 1 aliphatic heterocycles. The van der Waals surface area contributed by atoms with Gasteiger partial charge in [-0.25, -0.2) is 4.39 Å². The van der Waals surface area contributed by atoms with Gasteiger partial charge < -0.3 is 10.2 Å². The third-order valence-corrected chi connectivity index (χ3v) is 4.68. The van der Waals surface area contributed by atoms with Crippen LogP contribution in [0.2, 0.25) is 10.0 Å². The first-order valence-corrected chi connectivity index (χ1v) is 8.34. The summed E-state index contributed by atoms with van der Waals surface area (Å²) in [7, 11) is 0. The Labute approximate surface area is 136 Å². The second-order valence-corrected chi connectivity index (χ2v) is 6.89. The van der Waals surface area contributed by atoms with Crippen LogP contribution in [-0.2, 0) is 0 Å². The number of hydrogen-bond acceptors (Lipinski definition) is 2. The second-order valence-electron chi connectivity index (χ2n) is 6.08. The van der Waals surface area contributed by atoms with Crippen LogP contribution in [0, 0.1) is 11.7 Å². The van der Waals surface area contributed by atoms with Crippen LogP contribution in [0.4, 0.5) is 10.1 Å². The SMILES string of the molecule is CCCC1CN(c2c(Cl)cc(F)cc2Cl)C(C(C)C)CN1. The van der Waals surface area contributed by atoms with Crippen molar-refractivity contribution in [3.05, 3.63) is 28.0 Å². The van der Waals surface area contributed by atoms with Gasteiger partial charge in [-0.2, -0.15) is 0 Å². The number of nitrogens with one attached hydrogen (secondary N) is 1. The van der Waals surface area contributed by atoms with E-state index in [9.17, 15) is 4.39 Å². The summed E-state index contributed by atoms with van der Waals surface area (Å²) in [4.78, 5) is 2.26. The Kier molecular flexibility index (Phi) is 5.75. The monoisotopic (exact) mass is 332 g/mol. The van der Waals surface area contributed by atoms with E-state index >= 15 is 0 Å². The highest BCUT2D eigenvalue weighted by Crippen LogP contribution is 2.37. The Morgan fingerprint density at radius 2 is 1.95 bits per heavy atom. The zero-order chi connectivity index (χ0) is 15.6. The van der Waals surface area contributed by atoms with Crippen LogP contribution in [-0.4, -0.2) is 25.2 Å². The van der Waals surface area contributed by atoms with Gasteiger partial charge in [0.05, 0.1) is 15.7 Å². The fraction of sp³-hybridized carbons (Fsp3) is 0.625. The summed E-state index contributed by atoms with van der Waals surface area (Å²) in [5, 5.41) is 4.38. The first kappa shape index (κ1) is 16.9. The molecule has 0 spiro atoms. The number of piperazine rings is 1. The van der Waals surface area contributed by atoms with E-state index in [0.29, 0.717) is 28.0 Å². The molecule has 118 valence electrons. The zero-order valence-corrected chi connectivity index (χ0v) is 14.3. The molecule has 1 aliphatic rings. The first-order chi connectivity index (χ1) is 9.93. The Bertz CT molecular complexity index is 470. The normalized spacial score (nSPS) is 22.9. The molecule has 0 bridgehead atoms. The maximum absolute atomic E-state index is 13.4. The third-order valence-electron chi connectivity index (χ3n) is 4.11. The second kappa shape index (κ2) is 7.17. The Hall–Kier alpha value is -0.510. The molecule has 1 aromatic carbocycles. The van der Waals surface area contributed by atoms with E-state index in [1.165, 1.54) is 12.1 Å². The van der Waals surface area contributed by atoms with E-state index in [2.05, 4.69) is 31.0 Å². The molecule has 0 amide bonds. The summed E-state index contributed by atoms with van der Waals surface area (Å²) in [5.41, 5.74) is 0.765. The molecule has 1 heterocycles. The molecule has 0 saturated carbocycles. The third kappa shape index (κ3) is 3.82. The molecular weight excluding hydrogens is 310 g/mol. The topological polar surface area (TPSA) is 15.3 Å². The van der Waals surface area contributed by atoms with Crippen LogP contribution in [0.15, 0.2) is 12.1 Å². The van der Waals surface area contributed by atoms with Crippen LogP contribution in [0.25, 0.3) is 0 Å². The van der Waals surface area contributed by atoms with Crippen molar-refractivity contribution in [1.82, 2.24) is 5.32 Å². The number of hydrogen-bond donors (Lipinski definition) is 1. The number of halogens is 3. The molecule has 1 N–H and O–H groups in total. The molecule has 5 heteroatoms. The predicted molar refractivity (Wildman–Crippen MR) is 89.1 cm³/mol. The minimum Gasteiger partial charge on any atom is -0.363 e. The Morgan fingerprint density at radius 1 is 1.33 bits per heavy atom. The van der Waals surface area contributed by atoms with E-state index in [0.717, 1.165) is 31.6 Å². The van der Waals surface area contributed by atoms with Crippen LogP contribution >= 0.6 is 23.2 Å². The molecule has 0 radical (unpaired) electrons. The molecule has 21 heavy (non-hydrogen) atoms. The predicted octanol–water partition coefficient (Wildman–Crippen LogP) is 4.74. The van der Waals surface area contributed by atoms with Crippen LogP contribution in [0.3, 0.4) is 0 Å². The molecule has 1 saturated heterocycles. The smallest absolute Gasteiger partial charge is 0.126 e. The average molecular weight is 333 g/mol. The number of nitrogens with zero attached hydrogens (tertiary/aromatic N) is 1. The lowest BCUT2D eigenvalue weighted by Crippen LogP contribution is -2.58. The molecule has 2 unspecified atom stereocenters. The van der Waals surface area contributed by atoms with Gasteiger partial charge in [0, 0.05) is 25.2 Å². The maximum Gasteiger partial charge on any atom is 0.126 e. The van der Waals surface area contributed by atoms with E-state index < -0.39 is 5.82 Å². The lowest BCUT2D eigenvalue weighted by atomic mass is 9.96. The molecule has 2 rings (SSSR count). The van der Waals surface area contributed by atoms with Crippen molar-refractivity contribution in [1.29, 1.82) is 0 Å². The fourth-order valence-corrected chi connectivity index (χ4v) is 3.72. The quantitative estimate of drug-likeness (QED) is 0.856. The van der Waals surface area contributed by atoms with Gasteiger partial charge >= 0.3 is 0 Å². The molecule has 2 nitrogen and oxygen atoms in total. The van der Waals surface area contributed by atoms with E-state index in [1.807, 2.05) is 0 Å². The zero-order valence-electron chi connectivity index (χ0n) is 12.8. The van der Waals surface area contributed by atoms with Gasteiger partial charge in [-0.3, -0.25) is 0 Å². The summed E-state index contributed by atoms with van der Waals surface area (Å²) >= 11 is 12.6. The molecule has 0 aromatic heterocycles. The van der Waals surface area contributed by atoms with Crippen LogP contribution in [0.5, 0.6) is 0 Å². The number of anilines is 1. The van der Waals surface area contributed by atoms with E-state index in [4.69, 9.17) is 23.2 Å². The van der Waals surface area contributed by atoms with Gasteiger partial charge in [-0.05, 0) is 24.5 Å². The molecule has 1 fully saturated rings. The van der Waals surface area contributed by atoms with Crippen LogP contribution in [0.1, 0.15) is 33.6 Å². The summed E-state index contributed by atoms with van der Waals surface area (Å²) in [5.74, 6) is 0.0624. The summed E-state index contributed by atoms with van der Waals surface area (Å²) in [6, 6.07) is 3.41. The Balaban J connectivity index is 2.35. The summed E-state index contributed by atoms with van der Waals surface area (Å²) in [6.45, 7) is 8.29. The Morgan fingerprint density at radius 3 is 2.48 bits per heavy atom. The van der Waals surface area contributed by atoms with Crippen molar-refractivity contribution in [2.45, 2.75) is 45.7 Å². The van der Waals surface area contributed by atoms with Crippen LogP contribution < -0.4 is 10.2 Å². The van der Waals surface area contributed by atoms with Crippen molar-refractivity contribution < 1.29 is 4.39 Å².